The van der Waals surface area contributed by atoms with Crippen molar-refractivity contribution in [2.45, 2.75) is 33.3 Å². The van der Waals surface area contributed by atoms with Crippen molar-refractivity contribution in [3.8, 4) is 0 Å². The second kappa shape index (κ2) is 10.8. The van der Waals surface area contributed by atoms with Gasteiger partial charge in [-0.25, -0.2) is 4.79 Å². The first kappa shape index (κ1) is 25.9. The van der Waals surface area contributed by atoms with Gasteiger partial charge < -0.3 is 14.4 Å². The zero-order valence-corrected chi connectivity index (χ0v) is 21.6. The number of aromatic nitrogens is 1. The van der Waals surface area contributed by atoms with Gasteiger partial charge in [0.15, 0.2) is 11.4 Å². The van der Waals surface area contributed by atoms with Crippen molar-refractivity contribution in [1.82, 2.24) is 4.57 Å². The summed E-state index contributed by atoms with van der Waals surface area (Å²) in [6, 6.07) is 21.7. The third kappa shape index (κ3) is 5.96. The van der Waals surface area contributed by atoms with E-state index >= 15 is 0 Å². The van der Waals surface area contributed by atoms with Crippen molar-refractivity contribution in [3.63, 3.8) is 0 Å². The Kier molecular flexibility index (Phi) is 7.55. The van der Waals surface area contributed by atoms with Crippen LogP contribution in [0.25, 0.3) is 29.3 Å². The summed E-state index contributed by atoms with van der Waals surface area (Å²) in [5.74, 6) is -0.982. The molecule has 37 heavy (non-hydrogen) atoms. The smallest absolute Gasteiger partial charge is 0.335 e. The number of fused-ring (bicyclic) bond motifs is 1. The number of hydrogen-bond acceptors (Lipinski definition) is 3. The van der Waals surface area contributed by atoms with Crippen LogP contribution >= 0.6 is 0 Å². The van der Waals surface area contributed by atoms with Crippen LogP contribution in [0, 0.1) is 13.8 Å². The van der Waals surface area contributed by atoms with E-state index in [0.29, 0.717) is 11.1 Å². The minimum absolute atomic E-state index is 0.00890. The summed E-state index contributed by atoms with van der Waals surface area (Å²) in [7, 11) is 0. The van der Waals surface area contributed by atoms with E-state index < -0.39 is 11.6 Å². The molecule has 0 aliphatic heterocycles. The highest BCUT2D eigenvalue weighted by Crippen LogP contribution is 2.27. The fourth-order valence-electron chi connectivity index (χ4n) is 4.04. The quantitative estimate of drug-likeness (QED) is 0.255. The van der Waals surface area contributed by atoms with Crippen LogP contribution in [0.15, 0.2) is 79.0 Å². The second-order valence-electron chi connectivity index (χ2n) is 9.63. The normalized spacial score (nSPS) is 12.1. The molecule has 4 aromatic rings. The number of nitrogens with zero attached hydrogens (tertiary/aromatic N) is 1. The number of ketones is 1. The Hall–Kier alpha value is -4.22. The number of carbonyl (C=O) groups excluding carboxylic acids is 1. The van der Waals surface area contributed by atoms with Gasteiger partial charge in [-0.15, -0.1) is 0 Å². The van der Waals surface area contributed by atoms with Gasteiger partial charge in [-0.3, -0.25) is 4.79 Å². The third-order valence-electron chi connectivity index (χ3n) is 6.34. The zero-order valence-electron chi connectivity index (χ0n) is 21.6. The molecule has 1 N–H and O–H groups in total. The van der Waals surface area contributed by atoms with E-state index in [1.807, 2.05) is 96.7 Å². The average molecular weight is 494 g/mol. The van der Waals surface area contributed by atoms with Crippen LogP contribution in [0.1, 0.15) is 52.0 Å². The van der Waals surface area contributed by atoms with Crippen LogP contribution in [0.2, 0.25) is 0 Å². The van der Waals surface area contributed by atoms with E-state index in [1.165, 1.54) is 13.8 Å². The van der Waals surface area contributed by atoms with Crippen molar-refractivity contribution < 1.29 is 19.4 Å². The third-order valence-corrected chi connectivity index (χ3v) is 6.34. The van der Waals surface area contributed by atoms with Gasteiger partial charge in [0.1, 0.15) is 0 Å². The van der Waals surface area contributed by atoms with Crippen LogP contribution < -0.4 is 0 Å². The predicted octanol–water partition coefficient (Wildman–Crippen LogP) is 7.01. The molecule has 4 rings (SSSR count). The van der Waals surface area contributed by atoms with Gasteiger partial charge >= 0.3 is 5.97 Å². The Morgan fingerprint density at radius 3 is 2.22 bits per heavy atom. The molecule has 0 fully saturated rings. The molecule has 0 amide bonds. The maximum atomic E-state index is 13.3. The molecular formula is C32H31NO4. The summed E-state index contributed by atoms with van der Waals surface area (Å²) in [6.07, 6.45) is 9.60. The van der Waals surface area contributed by atoms with Gasteiger partial charge in [0, 0.05) is 28.9 Å². The van der Waals surface area contributed by atoms with Crippen LogP contribution in [0.3, 0.4) is 0 Å². The minimum atomic E-state index is -1.22. The Morgan fingerprint density at radius 1 is 0.919 bits per heavy atom. The molecule has 188 valence electrons. The largest absolute Gasteiger partial charge is 0.479 e. The Bertz CT molecular complexity index is 1490. The van der Waals surface area contributed by atoms with Crippen molar-refractivity contribution in [2.24, 2.45) is 0 Å². The molecule has 0 spiro atoms. The predicted molar refractivity (Wildman–Crippen MR) is 150 cm³/mol. The summed E-state index contributed by atoms with van der Waals surface area (Å²) < 4.78 is 7.41. The van der Waals surface area contributed by atoms with E-state index in [1.54, 1.807) is 6.08 Å². The molecule has 0 unspecified atom stereocenters. The molecule has 3 aromatic carbocycles. The number of rotatable bonds is 9. The first-order valence-corrected chi connectivity index (χ1v) is 12.2. The maximum absolute atomic E-state index is 13.3. The fraction of sp³-hybridized carbons (Fsp3) is 0.188. The molecule has 0 saturated carbocycles. The van der Waals surface area contributed by atoms with Crippen molar-refractivity contribution >= 4 is 41.0 Å². The van der Waals surface area contributed by atoms with Gasteiger partial charge in [0.05, 0.1) is 12.1 Å². The number of carboxylic acids is 1. The SMILES string of the molecule is Cc1ccc(C(=O)c2cn(/C=C/c3ccc(/C=C/COC(C)(C)C(=O)O)cc3)c3c(C)cccc23)cc1. The Morgan fingerprint density at radius 2 is 1.57 bits per heavy atom. The molecular weight excluding hydrogens is 462 g/mol. The maximum Gasteiger partial charge on any atom is 0.335 e. The number of ether oxygens (including phenoxy) is 1. The summed E-state index contributed by atoms with van der Waals surface area (Å²) >= 11 is 0. The first-order chi connectivity index (χ1) is 17.7. The zero-order chi connectivity index (χ0) is 26.6. The number of carbonyl (C=O) groups is 2. The summed E-state index contributed by atoms with van der Waals surface area (Å²) in [6.45, 7) is 7.33. The highest BCUT2D eigenvalue weighted by atomic mass is 16.5. The molecule has 5 heteroatoms. The molecule has 0 bridgehead atoms. The minimum Gasteiger partial charge on any atom is -0.479 e. The summed E-state index contributed by atoms with van der Waals surface area (Å²) in [4.78, 5) is 24.4. The van der Waals surface area contributed by atoms with Gasteiger partial charge in [0.2, 0.25) is 0 Å². The fourth-order valence-corrected chi connectivity index (χ4v) is 4.04. The van der Waals surface area contributed by atoms with Crippen molar-refractivity contribution in [3.05, 3.63) is 112 Å². The van der Waals surface area contributed by atoms with E-state index in [9.17, 15) is 9.59 Å². The molecule has 1 aromatic heterocycles. The standard InChI is InChI=1S/C32H31NO4/c1-22-10-16-26(17-11-22)30(34)28-21-33(29-23(2)7-5-9-27(28)29)19-18-25-14-12-24(13-15-25)8-6-20-37-32(3,4)31(35)36/h5-19,21H,20H2,1-4H3,(H,35,36)/b8-6+,19-18+. The monoisotopic (exact) mass is 493 g/mol. The van der Waals surface area contributed by atoms with Crippen molar-refractivity contribution in [1.29, 1.82) is 0 Å². The molecule has 5 nitrogen and oxygen atoms in total. The number of aliphatic carboxylic acids is 1. The van der Waals surface area contributed by atoms with Gasteiger partial charge in [-0.05, 0) is 50.5 Å². The average Bonchev–Trinajstić information content (AvgIpc) is 3.26. The number of carboxylic acid groups (broad SMARTS) is 1. The number of para-hydroxylation sites is 1. The topological polar surface area (TPSA) is 68.5 Å². The van der Waals surface area contributed by atoms with Crippen LogP contribution in [0.4, 0.5) is 0 Å². The summed E-state index contributed by atoms with van der Waals surface area (Å²) in [5, 5.41) is 10.0. The molecule has 1 heterocycles. The first-order valence-electron chi connectivity index (χ1n) is 12.2. The highest BCUT2D eigenvalue weighted by molar-refractivity contribution is 6.17. The lowest BCUT2D eigenvalue weighted by atomic mass is 10.0. The van der Waals surface area contributed by atoms with Crippen LogP contribution in [0.5, 0.6) is 0 Å². The lowest BCUT2D eigenvalue weighted by molar-refractivity contribution is -0.159. The molecule has 0 saturated heterocycles. The van der Waals surface area contributed by atoms with E-state index in [0.717, 1.165) is 33.2 Å². The lowest BCUT2D eigenvalue weighted by Crippen LogP contribution is -2.34. The second-order valence-corrected chi connectivity index (χ2v) is 9.63. The van der Waals surface area contributed by atoms with Gasteiger partial charge in [0.25, 0.3) is 0 Å². The number of hydrogen-bond donors (Lipinski definition) is 1. The van der Waals surface area contributed by atoms with Crippen LogP contribution in [-0.2, 0) is 9.53 Å². The molecule has 0 aliphatic rings. The highest BCUT2D eigenvalue weighted by Gasteiger charge is 2.27. The van der Waals surface area contributed by atoms with Gasteiger partial charge in [-0.2, -0.15) is 0 Å². The van der Waals surface area contributed by atoms with E-state index in [2.05, 4.69) is 13.0 Å². The van der Waals surface area contributed by atoms with E-state index in [-0.39, 0.29) is 12.4 Å². The van der Waals surface area contributed by atoms with E-state index in [4.69, 9.17) is 9.84 Å². The lowest BCUT2D eigenvalue weighted by Gasteiger charge is -2.18. The molecule has 0 radical (unpaired) electrons. The Labute approximate surface area is 217 Å². The van der Waals surface area contributed by atoms with Gasteiger partial charge in [-0.1, -0.05) is 84.4 Å². The number of aryl methyl sites for hydroxylation is 2. The number of benzene rings is 3. The Balaban J connectivity index is 1.53. The van der Waals surface area contributed by atoms with Crippen LogP contribution in [-0.4, -0.2) is 33.6 Å². The molecule has 0 aliphatic carbocycles. The van der Waals surface area contributed by atoms with Crippen molar-refractivity contribution in [2.75, 3.05) is 6.61 Å². The molecule has 0 atom stereocenters. The summed E-state index contributed by atoms with van der Waals surface area (Å²) in [5.41, 5.74) is 5.37.